The van der Waals surface area contributed by atoms with E-state index < -0.39 is 12.0 Å². The van der Waals surface area contributed by atoms with Gasteiger partial charge in [0.25, 0.3) is 0 Å². The van der Waals surface area contributed by atoms with E-state index in [2.05, 4.69) is 15.9 Å². The van der Waals surface area contributed by atoms with Crippen LogP contribution in [0.4, 0.5) is 0 Å². The van der Waals surface area contributed by atoms with E-state index in [0.29, 0.717) is 0 Å². The topological polar surface area (TPSA) is 63.7 Å². The van der Waals surface area contributed by atoms with Crippen LogP contribution in [0, 0.1) is 5.92 Å². The van der Waals surface area contributed by atoms with E-state index in [9.17, 15) is 14.4 Å². The van der Waals surface area contributed by atoms with E-state index in [-0.39, 0.29) is 36.1 Å². The zero-order valence-electron chi connectivity index (χ0n) is 13.6. The van der Waals surface area contributed by atoms with Gasteiger partial charge in [0, 0.05) is 0 Å². The Labute approximate surface area is 145 Å². The first kappa shape index (κ1) is 19.4. The summed E-state index contributed by atoms with van der Waals surface area (Å²) in [6.07, 6.45) is 0. The summed E-state index contributed by atoms with van der Waals surface area (Å²) >= 11 is 3.09. The number of rotatable bonds is 8. The number of ether oxygens (including phenoxy) is 1. The molecule has 1 amide bonds. The quantitative estimate of drug-likeness (QED) is 0.511. The molecule has 0 saturated heterocycles. The van der Waals surface area contributed by atoms with Gasteiger partial charge in [0.1, 0.15) is 18.4 Å². The molecule has 23 heavy (non-hydrogen) atoms. The molecular formula is C17H22BrNO4. The van der Waals surface area contributed by atoms with Gasteiger partial charge in [0.05, 0.1) is 11.9 Å². The molecule has 0 aliphatic rings. The Morgan fingerprint density at radius 3 is 2.26 bits per heavy atom. The van der Waals surface area contributed by atoms with Crippen molar-refractivity contribution in [3.05, 3.63) is 35.9 Å². The van der Waals surface area contributed by atoms with Crippen molar-refractivity contribution >= 4 is 33.6 Å². The monoisotopic (exact) mass is 383 g/mol. The molecule has 0 aliphatic heterocycles. The Hall–Kier alpha value is -1.69. The molecule has 1 aromatic carbocycles. The highest BCUT2D eigenvalue weighted by atomic mass is 79.9. The molecular weight excluding hydrogens is 362 g/mol. The third-order valence-corrected chi connectivity index (χ3v) is 3.74. The molecule has 0 fully saturated rings. The van der Waals surface area contributed by atoms with Crippen molar-refractivity contribution in [1.29, 1.82) is 0 Å². The van der Waals surface area contributed by atoms with Crippen LogP contribution in [0.25, 0.3) is 0 Å². The first-order valence-electron chi connectivity index (χ1n) is 7.42. The van der Waals surface area contributed by atoms with Gasteiger partial charge >= 0.3 is 5.97 Å². The maximum absolute atomic E-state index is 12.5. The fourth-order valence-electron chi connectivity index (χ4n) is 2.23. The maximum atomic E-state index is 12.5. The summed E-state index contributed by atoms with van der Waals surface area (Å²) in [4.78, 5) is 37.3. The summed E-state index contributed by atoms with van der Waals surface area (Å²) < 4.78 is 5.35. The van der Waals surface area contributed by atoms with Gasteiger partial charge in [-0.05, 0) is 18.4 Å². The van der Waals surface area contributed by atoms with Gasteiger partial charge in [0.2, 0.25) is 5.91 Å². The first-order valence-corrected chi connectivity index (χ1v) is 8.54. The lowest BCUT2D eigenvalue weighted by Gasteiger charge is -2.31. The molecule has 126 valence electrons. The Balaban J connectivity index is 2.86. The zero-order valence-corrected chi connectivity index (χ0v) is 15.2. The summed E-state index contributed by atoms with van der Waals surface area (Å²) in [6, 6.07) is 8.53. The Bertz CT molecular complexity index is 545. The highest BCUT2D eigenvalue weighted by molar-refractivity contribution is 9.09. The minimum Gasteiger partial charge on any atom is -0.459 e. The minimum atomic E-state index is -0.785. The normalized spacial score (nSPS) is 11.9. The van der Waals surface area contributed by atoms with Crippen LogP contribution < -0.4 is 0 Å². The Kier molecular flexibility index (Phi) is 7.95. The number of esters is 1. The molecule has 5 nitrogen and oxygen atoms in total. The molecule has 0 radical (unpaired) electrons. The van der Waals surface area contributed by atoms with Gasteiger partial charge in [-0.15, -0.1) is 0 Å². The zero-order chi connectivity index (χ0) is 17.4. The summed E-state index contributed by atoms with van der Waals surface area (Å²) in [7, 11) is 0. The van der Waals surface area contributed by atoms with Crippen molar-refractivity contribution in [2.75, 3.05) is 11.9 Å². The van der Waals surface area contributed by atoms with Crippen molar-refractivity contribution in [2.24, 2.45) is 5.92 Å². The van der Waals surface area contributed by atoms with Crippen LogP contribution in [0.15, 0.2) is 30.3 Å². The van der Waals surface area contributed by atoms with Crippen LogP contribution in [0.1, 0.15) is 26.3 Å². The lowest BCUT2D eigenvalue weighted by atomic mass is 10.0. The first-order chi connectivity index (χ1) is 10.9. The molecule has 1 aromatic rings. The molecule has 1 rings (SSSR count). The van der Waals surface area contributed by atoms with E-state index in [4.69, 9.17) is 4.74 Å². The van der Waals surface area contributed by atoms with Crippen LogP contribution in [-0.2, 0) is 25.7 Å². The number of carbonyl (C=O) groups is 3. The number of halogens is 1. The smallest absolute Gasteiger partial charge is 0.329 e. The molecule has 0 N–H and O–H groups in total. The van der Waals surface area contributed by atoms with E-state index in [1.807, 2.05) is 44.2 Å². The number of Topliss-reactive ketones (excluding diaryl/α,β-unsaturated/α-hetero) is 1. The number of hydrogen-bond donors (Lipinski definition) is 0. The number of ketones is 1. The summed E-state index contributed by atoms with van der Waals surface area (Å²) in [5.41, 5.74) is 0.869. The molecule has 0 spiro atoms. The molecule has 6 heteroatoms. The fourth-order valence-corrected chi connectivity index (χ4v) is 2.55. The van der Waals surface area contributed by atoms with Gasteiger partial charge in [-0.25, -0.2) is 4.79 Å². The average molecular weight is 384 g/mol. The van der Waals surface area contributed by atoms with Crippen molar-refractivity contribution in [3.63, 3.8) is 0 Å². The SMILES string of the molecule is CC(=O)CN(C(=O)CBr)[C@H](C(=O)OCc1ccccc1)C(C)C. The third-order valence-electron chi connectivity index (χ3n) is 3.26. The fraction of sp³-hybridized carbons (Fsp3) is 0.471. The van der Waals surface area contributed by atoms with E-state index >= 15 is 0 Å². The predicted octanol–water partition coefficient (Wildman–Crippen LogP) is 2.57. The second-order valence-corrected chi connectivity index (χ2v) is 6.20. The predicted molar refractivity (Wildman–Crippen MR) is 91.1 cm³/mol. The second-order valence-electron chi connectivity index (χ2n) is 5.64. The Morgan fingerprint density at radius 1 is 1.17 bits per heavy atom. The molecule has 1 atom stereocenters. The molecule has 0 aliphatic carbocycles. The third kappa shape index (κ3) is 6.14. The van der Waals surface area contributed by atoms with Gasteiger partial charge in [-0.2, -0.15) is 0 Å². The standard InChI is InChI=1S/C17H22BrNO4/c1-12(2)16(19(10-13(3)20)15(21)9-18)17(22)23-11-14-7-5-4-6-8-14/h4-8,12,16H,9-11H2,1-3H3/t16-/m0/s1. The van der Waals surface area contributed by atoms with Crippen LogP contribution >= 0.6 is 15.9 Å². The van der Waals surface area contributed by atoms with E-state index in [0.717, 1.165) is 5.56 Å². The van der Waals surface area contributed by atoms with E-state index in [1.165, 1.54) is 11.8 Å². The number of nitrogens with zero attached hydrogens (tertiary/aromatic N) is 1. The number of amides is 1. The van der Waals surface area contributed by atoms with Crippen LogP contribution in [0.5, 0.6) is 0 Å². The summed E-state index contributed by atoms with van der Waals surface area (Å²) in [6.45, 7) is 5.07. The van der Waals surface area contributed by atoms with E-state index in [1.54, 1.807) is 0 Å². The lowest BCUT2D eigenvalue weighted by Crippen LogP contribution is -2.51. The number of hydrogen-bond acceptors (Lipinski definition) is 4. The lowest BCUT2D eigenvalue weighted by molar-refractivity contribution is -0.158. The maximum Gasteiger partial charge on any atom is 0.329 e. The summed E-state index contributed by atoms with van der Waals surface area (Å²) in [5.74, 6) is -1.16. The number of carbonyl (C=O) groups excluding carboxylic acids is 3. The van der Waals surface area contributed by atoms with Crippen LogP contribution in [0.2, 0.25) is 0 Å². The molecule has 0 saturated carbocycles. The largest absolute Gasteiger partial charge is 0.459 e. The van der Waals surface area contributed by atoms with Gasteiger partial charge < -0.3 is 9.64 Å². The highest BCUT2D eigenvalue weighted by Gasteiger charge is 2.33. The van der Waals surface area contributed by atoms with Gasteiger partial charge in [0.15, 0.2) is 0 Å². The highest BCUT2D eigenvalue weighted by Crippen LogP contribution is 2.15. The summed E-state index contributed by atoms with van der Waals surface area (Å²) in [5, 5.41) is 0.0511. The number of alkyl halides is 1. The minimum absolute atomic E-state index is 0.0511. The molecule has 0 aromatic heterocycles. The van der Waals surface area contributed by atoms with Gasteiger partial charge in [-0.1, -0.05) is 60.1 Å². The molecule has 0 bridgehead atoms. The van der Waals surface area contributed by atoms with Crippen molar-refractivity contribution < 1.29 is 19.1 Å². The Morgan fingerprint density at radius 2 is 1.78 bits per heavy atom. The van der Waals surface area contributed by atoms with Crippen molar-refractivity contribution in [2.45, 2.75) is 33.4 Å². The van der Waals surface area contributed by atoms with Gasteiger partial charge in [-0.3, -0.25) is 9.59 Å². The van der Waals surface area contributed by atoms with Crippen molar-refractivity contribution in [1.82, 2.24) is 4.90 Å². The number of benzene rings is 1. The molecule has 0 heterocycles. The second kappa shape index (κ2) is 9.45. The van der Waals surface area contributed by atoms with Crippen molar-refractivity contribution in [3.8, 4) is 0 Å². The molecule has 0 unspecified atom stereocenters. The van der Waals surface area contributed by atoms with Crippen LogP contribution in [0.3, 0.4) is 0 Å². The van der Waals surface area contributed by atoms with Crippen LogP contribution in [-0.4, -0.2) is 40.5 Å². The average Bonchev–Trinajstić information content (AvgIpc) is 2.51.